The van der Waals surface area contributed by atoms with E-state index >= 15 is 0 Å². The first-order valence-electron chi connectivity index (χ1n) is 17.8. The predicted molar refractivity (Wildman–Crippen MR) is 216 cm³/mol. The van der Waals surface area contributed by atoms with Crippen LogP contribution in [-0.2, 0) is 0 Å². The number of hydrogen-bond donors (Lipinski definition) is 0. The molecule has 238 valence electrons. The van der Waals surface area contributed by atoms with Gasteiger partial charge in [-0.05, 0) is 108 Å². The van der Waals surface area contributed by atoms with Gasteiger partial charge in [-0.15, -0.1) is 11.3 Å². The van der Waals surface area contributed by atoms with E-state index in [1.54, 1.807) is 0 Å². The third-order valence-corrected chi connectivity index (χ3v) is 12.4. The van der Waals surface area contributed by atoms with Gasteiger partial charge in [-0.2, -0.15) is 0 Å². The molecule has 1 aromatic heterocycles. The van der Waals surface area contributed by atoms with Crippen molar-refractivity contribution in [3.63, 3.8) is 0 Å². The lowest BCUT2D eigenvalue weighted by Crippen LogP contribution is -1.99. The Balaban J connectivity index is 1.01. The summed E-state index contributed by atoms with van der Waals surface area (Å²) >= 11 is 1.89. The summed E-state index contributed by atoms with van der Waals surface area (Å²) in [5.41, 5.74) is 18.7. The summed E-state index contributed by atoms with van der Waals surface area (Å²) in [7, 11) is 0. The molecule has 1 heterocycles. The summed E-state index contributed by atoms with van der Waals surface area (Å²) in [6, 6.07) is 68.1. The maximum atomic E-state index is 2.45. The molecule has 0 saturated heterocycles. The number of thiophene rings is 1. The van der Waals surface area contributed by atoms with Crippen LogP contribution in [0.15, 0.2) is 182 Å². The largest absolute Gasteiger partial charge is 0.135 e. The molecule has 2 aliphatic carbocycles. The van der Waals surface area contributed by atoms with Crippen LogP contribution in [0.25, 0.3) is 64.7 Å². The van der Waals surface area contributed by atoms with E-state index in [1.165, 1.54) is 98.1 Å². The molecule has 2 atom stereocenters. The van der Waals surface area contributed by atoms with Gasteiger partial charge in [0.15, 0.2) is 0 Å². The summed E-state index contributed by atoms with van der Waals surface area (Å²) in [6.07, 6.45) is 0. The second-order valence-corrected chi connectivity index (χ2v) is 15.1. The summed E-state index contributed by atoms with van der Waals surface area (Å²) < 4.78 is 2.71. The van der Waals surface area contributed by atoms with Crippen molar-refractivity contribution in [2.45, 2.75) is 11.8 Å². The molecule has 0 bridgehead atoms. The summed E-state index contributed by atoms with van der Waals surface area (Å²) in [4.78, 5) is 0. The maximum absolute atomic E-state index is 2.45. The van der Waals surface area contributed by atoms with Crippen molar-refractivity contribution in [1.82, 2.24) is 0 Å². The van der Waals surface area contributed by atoms with Crippen molar-refractivity contribution >= 4 is 31.5 Å². The smallest absolute Gasteiger partial charge is 0.0355 e. The van der Waals surface area contributed by atoms with Crippen LogP contribution in [-0.4, -0.2) is 0 Å². The van der Waals surface area contributed by atoms with Crippen LogP contribution in [0.3, 0.4) is 0 Å². The molecule has 0 nitrogen and oxygen atoms in total. The minimum Gasteiger partial charge on any atom is -0.135 e. The fraction of sp³-hybridized carbons (Fsp3) is 0.0400. The molecule has 51 heavy (non-hydrogen) atoms. The molecule has 2 unspecified atom stereocenters. The number of rotatable bonds is 4. The van der Waals surface area contributed by atoms with Gasteiger partial charge in [-0.3, -0.25) is 0 Å². The number of hydrogen-bond acceptors (Lipinski definition) is 1. The van der Waals surface area contributed by atoms with Crippen LogP contribution < -0.4 is 0 Å². The highest BCUT2D eigenvalue weighted by Crippen LogP contribution is 2.52. The fourth-order valence-electron chi connectivity index (χ4n) is 8.93. The Morgan fingerprint density at radius 1 is 0.294 bits per heavy atom. The molecule has 11 rings (SSSR count). The Kier molecular flexibility index (Phi) is 6.35. The standard InChI is InChI=1S/C50H32S/c1-2-11-31(12-3-1)32-13-10-14-35(27-32)49-40-18-6-4-15-37(40)44-28-33(21-24-42(44)49)34-22-25-43-45(29-34)38-16-5-7-19-41(38)50(43)36-23-26-48-46(30-36)39-17-8-9-20-47(39)51-48/h1-30,49-50H. The molecule has 1 heteroatoms. The van der Waals surface area contributed by atoms with Crippen LogP contribution in [0.4, 0.5) is 0 Å². The second kappa shape index (κ2) is 11.3. The molecular weight excluding hydrogens is 633 g/mol. The van der Waals surface area contributed by atoms with Gasteiger partial charge >= 0.3 is 0 Å². The first-order valence-corrected chi connectivity index (χ1v) is 18.6. The molecule has 0 spiro atoms. The normalized spacial score (nSPS) is 15.5. The molecule has 0 saturated carbocycles. The molecular formula is C50H32S. The summed E-state index contributed by atoms with van der Waals surface area (Å²) in [6.45, 7) is 0. The van der Waals surface area contributed by atoms with Gasteiger partial charge in [-0.25, -0.2) is 0 Å². The number of fused-ring (bicyclic) bond motifs is 9. The Labute approximate surface area is 301 Å². The van der Waals surface area contributed by atoms with Gasteiger partial charge in [0, 0.05) is 32.0 Å². The first kappa shape index (κ1) is 28.8. The van der Waals surface area contributed by atoms with Crippen molar-refractivity contribution in [2.75, 3.05) is 0 Å². The van der Waals surface area contributed by atoms with Gasteiger partial charge in [0.05, 0.1) is 0 Å². The highest BCUT2D eigenvalue weighted by atomic mass is 32.1. The molecule has 9 aromatic rings. The van der Waals surface area contributed by atoms with E-state index in [4.69, 9.17) is 0 Å². The van der Waals surface area contributed by atoms with E-state index in [0.717, 1.165) is 0 Å². The van der Waals surface area contributed by atoms with Gasteiger partial charge < -0.3 is 0 Å². The van der Waals surface area contributed by atoms with Crippen LogP contribution in [0.2, 0.25) is 0 Å². The summed E-state index contributed by atoms with van der Waals surface area (Å²) in [5.74, 6) is 0.423. The second-order valence-electron chi connectivity index (χ2n) is 14.0. The van der Waals surface area contributed by atoms with Gasteiger partial charge in [-0.1, -0.05) is 152 Å². The van der Waals surface area contributed by atoms with E-state index in [1.807, 2.05) is 11.3 Å². The lowest BCUT2D eigenvalue weighted by atomic mass is 9.87. The molecule has 0 fully saturated rings. The van der Waals surface area contributed by atoms with E-state index < -0.39 is 0 Å². The monoisotopic (exact) mass is 664 g/mol. The van der Waals surface area contributed by atoms with Crippen molar-refractivity contribution in [3.8, 4) is 44.5 Å². The average Bonchev–Trinajstić information content (AvgIpc) is 3.85. The zero-order valence-corrected chi connectivity index (χ0v) is 28.7. The molecule has 0 N–H and O–H groups in total. The lowest BCUT2D eigenvalue weighted by Gasteiger charge is -2.17. The number of benzene rings is 8. The molecule has 0 amide bonds. The van der Waals surface area contributed by atoms with Crippen molar-refractivity contribution in [2.24, 2.45) is 0 Å². The van der Waals surface area contributed by atoms with Crippen LogP contribution in [0, 0.1) is 0 Å². The lowest BCUT2D eigenvalue weighted by molar-refractivity contribution is 1.02. The zero-order chi connectivity index (χ0) is 33.5. The topological polar surface area (TPSA) is 0 Å². The maximum Gasteiger partial charge on any atom is 0.0355 e. The van der Waals surface area contributed by atoms with E-state index in [9.17, 15) is 0 Å². The fourth-order valence-corrected chi connectivity index (χ4v) is 10.0. The van der Waals surface area contributed by atoms with Gasteiger partial charge in [0.25, 0.3) is 0 Å². The van der Waals surface area contributed by atoms with E-state index in [2.05, 4.69) is 182 Å². The van der Waals surface area contributed by atoms with Crippen LogP contribution in [0.5, 0.6) is 0 Å². The average molecular weight is 665 g/mol. The third-order valence-electron chi connectivity index (χ3n) is 11.2. The van der Waals surface area contributed by atoms with Crippen molar-refractivity contribution < 1.29 is 0 Å². The minimum absolute atomic E-state index is 0.208. The molecule has 0 radical (unpaired) electrons. The van der Waals surface area contributed by atoms with Crippen molar-refractivity contribution in [1.29, 1.82) is 0 Å². The third kappa shape index (κ3) is 4.45. The Morgan fingerprint density at radius 2 is 0.824 bits per heavy atom. The highest BCUT2D eigenvalue weighted by Gasteiger charge is 2.32. The Hall–Kier alpha value is -6.02. The zero-order valence-electron chi connectivity index (χ0n) is 27.9. The minimum atomic E-state index is 0.208. The van der Waals surface area contributed by atoms with Gasteiger partial charge in [0.2, 0.25) is 0 Å². The summed E-state index contributed by atoms with van der Waals surface area (Å²) in [5, 5.41) is 2.71. The molecule has 0 aliphatic heterocycles. The SMILES string of the molecule is c1ccc(-c2cccc(C3c4ccccc4-c4cc(-c5ccc6c(c5)-c5ccccc5C6c5ccc6sc7ccccc7c6c5)ccc43)c2)cc1. The predicted octanol–water partition coefficient (Wildman–Crippen LogP) is 13.7. The highest BCUT2D eigenvalue weighted by molar-refractivity contribution is 7.25. The Bertz CT molecular complexity index is 2820. The van der Waals surface area contributed by atoms with Crippen LogP contribution in [0.1, 0.15) is 45.2 Å². The quantitative estimate of drug-likeness (QED) is 0.176. The van der Waals surface area contributed by atoms with E-state index in [-0.39, 0.29) is 11.8 Å². The van der Waals surface area contributed by atoms with Crippen LogP contribution >= 0.6 is 11.3 Å². The first-order chi connectivity index (χ1) is 25.3. The molecule has 2 aliphatic rings. The van der Waals surface area contributed by atoms with E-state index in [0.29, 0.717) is 0 Å². The molecule has 8 aromatic carbocycles. The van der Waals surface area contributed by atoms with Crippen molar-refractivity contribution in [3.05, 3.63) is 215 Å². The Morgan fingerprint density at radius 3 is 1.53 bits per heavy atom. The van der Waals surface area contributed by atoms with Gasteiger partial charge in [0.1, 0.15) is 0 Å².